The van der Waals surface area contributed by atoms with Gasteiger partial charge in [-0.05, 0) is 12.8 Å². The van der Waals surface area contributed by atoms with Gasteiger partial charge in [0.1, 0.15) is 0 Å². The van der Waals surface area contributed by atoms with Crippen LogP contribution in [0.15, 0.2) is 0 Å². The molecule has 0 bridgehead atoms. The fraction of sp³-hybridized carbons (Fsp3) is 0.917. The molecule has 0 aromatic carbocycles. The summed E-state index contributed by atoms with van der Waals surface area (Å²) >= 11 is 0. The molecule has 3 N–H and O–H groups in total. The minimum atomic E-state index is 0.0381. The van der Waals surface area contributed by atoms with Gasteiger partial charge in [0.15, 0.2) is 0 Å². The van der Waals surface area contributed by atoms with Crippen LogP contribution >= 0.6 is 0 Å². The maximum Gasteiger partial charge on any atom is 0.224 e. The number of amides is 1. The molecule has 0 aromatic rings. The zero-order chi connectivity index (χ0) is 12.8. The van der Waals surface area contributed by atoms with Crippen LogP contribution in [0, 0.1) is 0 Å². The van der Waals surface area contributed by atoms with Gasteiger partial charge in [0.25, 0.3) is 0 Å². The van der Waals surface area contributed by atoms with Gasteiger partial charge in [0.05, 0.1) is 13.2 Å². The lowest BCUT2D eigenvalue weighted by Gasteiger charge is -2.31. The average Bonchev–Trinajstić information content (AvgIpc) is 2.93. The van der Waals surface area contributed by atoms with E-state index in [1.165, 1.54) is 0 Å². The van der Waals surface area contributed by atoms with E-state index in [9.17, 15) is 4.79 Å². The summed E-state index contributed by atoms with van der Waals surface area (Å²) in [7, 11) is 0. The van der Waals surface area contributed by atoms with Gasteiger partial charge in [0.2, 0.25) is 5.91 Å². The lowest BCUT2D eigenvalue weighted by molar-refractivity contribution is -0.131. The Morgan fingerprint density at radius 3 is 2.50 bits per heavy atom. The first-order valence-electron chi connectivity index (χ1n) is 6.86. The van der Waals surface area contributed by atoms with Gasteiger partial charge in [0, 0.05) is 45.2 Å². The highest BCUT2D eigenvalue weighted by atomic mass is 16.5. The van der Waals surface area contributed by atoms with E-state index in [2.05, 4.69) is 10.4 Å². The molecule has 1 unspecified atom stereocenters. The predicted octanol–water partition coefficient (Wildman–Crippen LogP) is -0.837. The Labute approximate surface area is 108 Å². The molecule has 2 heterocycles. The topological polar surface area (TPSA) is 70.8 Å². The van der Waals surface area contributed by atoms with Gasteiger partial charge >= 0.3 is 0 Å². The number of nitrogens with one attached hydrogen (secondary N) is 1. The van der Waals surface area contributed by atoms with Gasteiger partial charge in [-0.3, -0.25) is 10.2 Å². The SMILES string of the molecule is NCC(CC(=O)N1CCCC1)NN1CCOCC1. The number of likely N-dealkylation sites (tertiary alicyclic amines) is 1. The van der Waals surface area contributed by atoms with Crippen molar-refractivity contribution in [2.75, 3.05) is 45.9 Å². The smallest absolute Gasteiger partial charge is 0.224 e. The van der Waals surface area contributed by atoms with Crippen LogP contribution in [-0.2, 0) is 9.53 Å². The molecule has 2 fully saturated rings. The highest BCUT2D eigenvalue weighted by Gasteiger charge is 2.22. The van der Waals surface area contributed by atoms with Gasteiger partial charge in [-0.2, -0.15) is 0 Å². The molecule has 0 spiro atoms. The van der Waals surface area contributed by atoms with Crippen molar-refractivity contribution in [3.8, 4) is 0 Å². The van der Waals surface area contributed by atoms with E-state index < -0.39 is 0 Å². The number of hydrogen-bond acceptors (Lipinski definition) is 5. The third kappa shape index (κ3) is 3.91. The van der Waals surface area contributed by atoms with Crippen molar-refractivity contribution in [3.63, 3.8) is 0 Å². The molecule has 0 aliphatic carbocycles. The molecule has 6 heteroatoms. The number of carbonyl (C=O) groups excluding carboxylic acids is 1. The second kappa shape index (κ2) is 7.04. The number of hydrogen-bond donors (Lipinski definition) is 2. The lowest BCUT2D eigenvalue weighted by atomic mass is 10.2. The first-order chi connectivity index (χ1) is 8.79. The average molecular weight is 256 g/mol. The maximum atomic E-state index is 12.0. The summed E-state index contributed by atoms with van der Waals surface area (Å²) in [5, 5.41) is 2.11. The van der Waals surface area contributed by atoms with E-state index in [0.717, 1.165) is 52.2 Å². The molecule has 1 amide bonds. The Morgan fingerprint density at radius 1 is 1.22 bits per heavy atom. The number of nitrogens with zero attached hydrogens (tertiary/aromatic N) is 2. The number of carbonyl (C=O) groups is 1. The van der Waals surface area contributed by atoms with Gasteiger partial charge < -0.3 is 15.4 Å². The number of nitrogens with two attached hydrogens (primary N) is 1. The zero-order valence-corrected chi connectivity index (χ0v) is 10.9. The third-order valence-electron chi connectivity index (χ3n) is 3.54. The predicted molar refractivity (Wildman–Crippen MR) is 68.8 cm³/mol. The Bertz CT molecular complexity index is 263. The molecule has 0 saturated carbocycles. The summed E-state index contributed by atoms with van der Waals surface area (Å²) in [5.41, 5.74) is 9.09. The van der Waals surface area contributed by atoms with Crippen LogP contribution in [0.25, 0.3) is 0 Å². The standard InChI is InChI=1S/C12H24N4O2/c13-10-11(14-16-5-7-18-8-6-16)9-12(17)15-3-1-2-4-15/h11,14H,1-10,13H2. The Morgan fingerprint density at radius 2 is 1.89 bits per heavy atom. The van der Waals surface area contributed by atoms with Crippen LogP contribution in [0.3, 0.4) is 0 Å². The maximum absolute atomic E-state index is 12.0. The second-order valence-corrected chi connectivity index (χ2v) is 4.95. The highest BCUT2D eigenvalue weighted by Crippen LogP contribution is 2.10. The summed E-state index contributed by atoms with van der Waals surface area (Å²) in [6, 6.07) is 0.0381. The molecule has 2 aliphatic heterocycles. The van der Waals surface area contributed by atoms with Crippen LogP contribution < -0.4 is 11.2 Å². The van der Waals surface area contributed by atoms with E-state index in [0.29, 0.717) is 13.0 Å². The Balaban J connectivity index is 1.75. The normalized spacial score (nSPS) is 23.3. The van der Waals surface area contributed by atoms with Crippen molar-refractivity contribution in [2.24, 2.45) is 5.73 Å². The first-order valence-corrected chi connectivity index (χ1v) is 6.86. The molecule has 0 radical (unpaired) electrons. The minimum Gasteiger partial charge on any atom is -0.379 e. The monoisotopic (exact) mass is 256 g/mol. The quantitative estimate of drug-likeness (QED) is 0.671. The van der Waals surface area contributed by atoms with Crippen LogP contribution in [0.1, 0.15) is 19.3 Å². The van der Waals surface area contributed by atoms with Crippen LogP contribution in [0.2, 0.25) is 0 Å². The number of ether oxygens (including phenoxy) is 1. The molecule has 1 atom stereocenters. The van der Waals surface area contributed by atoms with Crippen LogP contribution in [-0.4, -0.2) is 67.8 Å². The third-order valence-corrected chi connectivity index (χ3v) is 3.54. The number of morpholine rings is 1. The molecule has 6 nitrogen and oxygen atoms in total. The van der Waals surface area contributed by atoms with Crippen LogP contribution in [0.5, 0.6) is 0 Å². The number of rotatable bonds is 5. The van der Waals surface area contributed by atoms with E-state index in [4.69, 9.17) is 10.5 Å². The van der Waals surface area contributed by atoms with Gasteiger partial charge in [-0.25, -0.2) is 5.01 Å². The molecular weight excluding hydrogens is 232 g/mol. The summed E-state index contributed by atoms with van der Waals surface area (Å²) in [5.74, 6) is 0.226. The van der Waals surface area contributed by atoms with Crippen molar-refractivity contribution in [3.05, 3.63) is 0 Å². The Hall–Kier alpha value is -0.690. The van der Waals surface area contributed by atoms with Crippen molar-refractivity contribution in [2.45, 2.75) is 25.3 Å². The van der Waals surface area contributed by atoms with Gasteiger partial charge in [-0.1, -0.05) is 0 Å². The van der Waals surface area contributed by atoms with Gasteiger partial charge in [-0.15, -0.1) is 0 Å². The van der Waals surface area contributed by atoms with Crippen molar-refractivity contribution < 1.29 is 9.53 Å². The van der Waals surface area contributed by atoms with E-state index in [-0.39, 0.29) is 11.9 Å². The minimum absolute atomic E-state index is 0.0381. The highest BCUT2D eigenvalue weighted by molar-refractivity contribution is 5.77. The molecule has 2 rings (SSSR count). The zero-order valence-electron chi connectivity index (χ0n) is 10.9. The van der Waals surface area contributed by atoms with E-state index in [1.54, 1.807) is 0 Å². The molecule has 104 valence electrons. The molecule has 2 aliphatic rings. The van der Waals surface area contributed by atoms with Crippen LogP contribution in [0.4, 0.5) is 0 Å². The summed E-state index contributed by atoms with van der Waals surface area (Å²) < 4.78 is 5.29. The van der Waals surface area contributed by atoms with E-state index in [1.807, 2.05) is 4.90 Å². The van der Waals surface area contributed by atoms with Crippen molar-refractivity contribution >= 4 is 5.91 Å². The van der Waals surface area contributed by atoms with Crippen molar-refractivity contribution in [1.29, 1.82) is 0 Å². The lowest BCUT2D eigenvalue weighted by Crippen LogP contribution is -2.53. The fourth-order valence-corrected chi connectivity index (χ4v) is 2.44. The first kappa shape index (κ1) is 13.7. The molecule has 18 heavy (non-hydrogen) atoms. The summed E-state index contributed by atoms with van der Waals surface area (Å²) in [4.78, 5) is 14.0. The molecular formula is C12H24N4O2. The summed E-state index contributed by atoms with van der Waals surface area (Å²) in [6.07, 6.45) is 2.76. The van der Waals surface area contributed by atoms with Crippen molar-refractivity contribution in [1.82, 2.24) is 15.3 Å². The molecule has 2 saturated heterocycles. The Kier molecular flexibility index (Phi) is 5.37. The largest absolute Gasteiger partial charge is 0.379 e. The van der Waals surface area contributed by atoms with E-state index >= 15 is 0 Å². The molecule has 0 aromatic heterocycles. The number of hydrazine groups is 1. The second-order valence-electron chi connectivity index (χ2n) is 4.95. The fourth-order valence-electron chi connectivity index (χ4n) is 2.44. The summed E-state index contributed by atoms with van der Waals surface area (Å²) in [6.45, 7) is 5.50.